The van der Waals surface area contributed by atoms with Gasteiger partial charge in [-0.3, -0.25) is 4.79 Å². The van der Waals surface area contributed by atoms with Crippen LogP contribution in [0.3, 0.4) is 0 Å². The average molecular weight is 424 g/mol. The van der Waals surface area contributed by atoms with E-state index < -0.39 is 18.1 Å². The Labute approximate surface area is 177 Å². The number of nitrogens with one attached hydrogen (secondary N) is 1. The number of aromatic nitrogens is 1. The van der Waals surface area contributed by atoms with Gasteiger partial charge in [-0.15, -0.1) is 0 Å². The van der Waals surface area contributed by atoms with Gasteiger partial charge in [0.15, 0.2) is 0 Å². The smallest absolute Gasteiger partial charge is 0.407 e. The molecule has 7 nitrogen and oxygen atoms in total. The molecule has 30 heavy (non-hydrogen) atoms. The number of benzene rings is 2. The molecule has 0 saturated carbocycles. The molecule has 2 aromatic carbocycles. The molecule has 0 bridgehead atoms. The minimum atomic E-state index is -1.05. The standard InChI is InChI=1S/C22H20N2O5S/c1-28-21-18(12-30-24-21)19(10-20(25)26)23-22(27)29-11-17-15-8-4-2-6-13(15)14-7-3-5-9-16(14)17/h2-9,12,17,19H,10-11H2,1H3,(H,23,27)(H,25,26). The van der Waals surface area contributed by atoms with Crippen LogP contribution in [0.15, 0.2) is 53.9 Å². The van der Waals surface area contributed by atoms with E-state index in [-0.39, 0.29) is 18.9 Å². The zero-order valence-electron chi connectivity index (χ0n) is 16.2. The van der Waals surface area contributed by atoms with Crippen LogP contribution >= 0.6 is 11.5 Å². The van der Waals surface area contributed by atoms with Crippen LogP contribution in [0, 0.1) is 0 Å². The summed E-state index contributed by atoms with van der Waals surface area (Å²) < 4.78 is 14.7. The lowest BCUT2D eigenvalue weighted by molar-refractivity contribution is -0.137. The van der Waals surface area contributed by atoms with Crippen LogP contribution in [0.2, 0.25) is 0 Å². The number of amides is 1. The second kappa shape index (κ2) is 8.54. The first-order chi connectivity index (χ1) is 14.6. The number of fused-ring (bicyclic) bond motifs is 3. The molecule has 154 valence electrons. The third-order valence-corrected chi connectivity index (χ3v) is 5.78. The van der Waals surface area contributed by atoms with E-state index in [4.69, 9.17) is 9.47 Å². The number of nitrogens with zero attached hydrogens (tertiary/aromatic N) is 1. The van der Waals surface area contributed by atoms with Crippen LogP contribution in [0.5, 0.6) is 5.88 Å². The Balaban J connectivity index is 1.48. The number of carbonyl (C=O) groups excluding carboxylic acids is 1. The van der Waals surface area contributed by atoms with E-state index in [1.807, 2.05) is 36.4 Å². The van der Waals surface area contributed by atoms with Crippen molar-refractivity contribution in [1.29, 1.82) is 0 Å². The SMILES string of the molecule is COc1nscc1C(CC(=O)O)NC(=O)OCC1c2ccccc2-c2ccccc21. The maximum Gasteiger partial charge on any atom is 0.407 e. The lowest BCUT2D eigenvalue weighted by atomic mass is 9.98. The fourth-order valence-corrected chi connectivity index (χ4v) is 4.52. The van der Waals surface area contributed by atoms with E-state index in [1.165, 1.54) is 7.11 Å². The molecule has 1 heterocycles. The molecule has 1 unspecified atom stereocenters. The van der Waals surface area contributed by atoms with E-state index in [1.54, 1.807) is 5.38 Å². The summed E-state index contributed by atoms with van der Waals surface area (Å²) in [5.74, 6) is -0.823. The molecule has 0 spiro atoms. The first-order valence-electron chi connectivity index (χ1n) is 9.40. The first-order valence-corrected chi connectivity index (χ1v) is 10.2. The summed E-state index contributed by atoms with van der Waals surface area (Å²) in [4.78, 5) is 23.8. The maximum atomic E-state index is 12.5. The molecule has 2 N–H and O–H groups in total. The van der Waals surface area contributed by atoms with E-state index in [0.717, 1.165) is 33.8 Å². The molecule has 0 saturated heterocycles. The number of carboxylic acid groups (broad SMARTS) is 1. The van der Waals surface area contributed by atoms with E-state index >= 15 is 0 Å². The van der Waals surface area contributed by atoms with Crippen molar-refractivity contribution in [1.82, 2.24) is 9.69 Å². The zero-order chi connectivity index (χ0) is 21.1. The van der Waals surface area contributed by atoms with Gasteiger partial charge in [0.05, 0.1) is 19.6 Å². The number of aliphatic carboxylic acids is 1. The van der Waals surface area contributed by atoms with E-state index in [9.17, 15) is 14.7 Å². The maximum absolute atomic E-state index is 12.5. The Morgan fingerprint density at radius 3 is 2.37 bits per heavy atom. The summed E-state index contributed by atoms with van der Waals surface area (Å²) in [6.45, 7) is 0.151. The summed E-state index contributed by atoms with van der Waals surface area (Å²) >= 11 is 1.13. The van der Waals surface area contributed by atoms with Gasteiger partial charge >= 0.3 is 12.1 Å². The fourth-order valence-electron chi connectivity index (χ4n) is 3.82. The lowest BCUT2D eigenvalue weighted by Gasteiger charge is -2.18. The highest BCUT2D eigenvalue weighted by Crippen LogP contribution is 2.44. The molecule has 4 rings (SSSR count). The number of hydrogen-bond acceptors (Lipinski definition) is 6. The third-order valence-electron chi connectivity index (χ3n) is 5.15. The number of carboxylic acids is 1. The number of carbonyl (C=O) groups is 2. The molecule has 0 radical (unpaired) electrons. The molecule has 1 atom stereocenters. The van der Waals surface area contributed by atoms with Crippen LogP contribution in [0.1, 0.15) is 35.1 Å². The molecular formula is C22H20N2O5S. The second-order valence-electron chi connectivity index (χ2n) is 6.90. The van der Waals surface area contributed by atoms with Crippen LogP contribution in [-0.4, -0.2) is 35.3 Å². The van der Waals surface area contributed by atoms with Gasteiger partial charge in [0.25, 0.3) is 0 Å². The van der Waals surface area contributed by atoms with Gasteiger partial charge in [0.2, 0.25) is 5.88 Å². The number of methoxy groups -OCH3 is 1. The normalized spacial score (nSPS) is 13.2. The summed E-state index contributed by atoms with van der Waals surface area (Å²) in [6, 6.07) is 15.3. The molecule has 0 fully saturated rings. The third kappa shape index (κ3) is 3.86. The largest absolute Gasteiger partial charge is 0.481 e. The minimum Gasteiger partial charge on any atom is -0.481 e. The molecule has 1 aliphatic rings. The van der Waals surface area contributed by atoms with Crippen molar-refractivity contribution in [2.24, 2.45) is 0 Å². The van der Waals surface area contributed by atoms with Gasteiger partial charge in [0.1, 0.15) is 6.61 Å². The summed E-state index contributed by atoms with van der Waals surface area (Å²) in [5, 5.41) is 13.5. The number of ether oxygens (including phenoxy) is 2. The second-order valence-corrected chi connectivity index (χ2v) is 7.53. The summed E-state index contributed by atoms with van der Waals surface area (Å²) in [6.07, 6.45) is -0.990. The molecule has 1 aliphatic carbocycles. The van der Waals surface area contributed by atoms with Crippen molar-refractivity contribution in [2.75, 3.05) is 13.7 Å². The van der Waals surface area contributed by atoms with Gasteiger partial charge in [-0.2, -0.15) is 4.37 Å². The first kappa shape index (κ1) is 19.9. The van der Waals surface area contributed by atoms with E-state index in [0.29, 0.717) is 11.4 Å². The Morgan fingerprint density at radius 1 is 1.13 bits per heavy atom. The molecule has 8 heteroatoms. The van der Waals surface area contributed by atoms with Crippen LogP contribution in [-0.2, 0) is 9.53 Å². The topological polar surface area (TPSA) is 97.8 Å². The summed E-state index contributed by atoms with van der Waals surface area (Å²) in [5.41, 5.74) is 5.01. The monoisotopic (exact) mass is 424 g/mol. The highest BCUT2D eigenvalue weighted by Gasteiger charge is 2.30. The predicted octanol–water partition coefficient (Wildman–Crippen LogP) is 4.21. The number of alkyl carbamates (subject to hydrolysis) is 1. The Bertz CT molecular complexity index is 1040. The van der Waals surface area contributed by atoms with Crippen molar-refractivity contribution in [3.63, 3.8) is 0 Å². The minimum absolute atomic E-state index is 0.0709. The number of hydrogen-bond donors (Lipinski definition) is 2. The highest BCUT2D eigenvalue weighted by atomic mass is 32.1. The fraction of sp³-hybridized carbons (Fsp3) is 0.227. The Kier molecular flexibility index (Phi) is 5.67. The molecular weight excluding hydrogens is 404 g/mol. The van der Waals surface area contributed by atoms with Crippen molar-refractivity contribution in [3.8, 4) is 17.0 Å². The molecule has 1 amide bonds. The van der Waals surface area contributed by atoms with Gasteiger partial charge in [-0.05, 0) is 33.8 Å². The Hall–Kier alpha value is -3.39. The van der Waals surface area contributed by atoms with Crippen molar-refractivity contribution in [2.45, 2.75) is 18.4 Å². The molecule has 0 aliphatic heterocycles. The quantitative estimate of drug-likeness (QED) is 0.590. The van der Waals surface area contributed by atoms with E-state index in [2.05, 4.69) is 21.8 Å². The van der Waals surface area contributed by atoms with Crippen LogP contribution in [0.4, 0.5) is 4.79 Å². The van der Waals surface area contributed by atoms with Crippen LogP contribution in [0.25, 0.3) is 11.1 Å². The van der Waals surface area contributed by atoms with Crippen molar-refractivity contribution < 1.29 is 24.2 Å². The van der Waals surface area contributed by atoms with Gasteiger partial charge in [0, 0.05) is 16.9 Å². The highest BCUT2D eigenvalue weighted by molar-refractivity contribution is 7.03. The van der Waals surface area contributed by atoms with Crippen molar-refractivity contribution >= 4 is 23.6 Å². The molecule has 1 aromatic heterocycles. The lowest BCUT2D eigenvalue weighted by Crippen LogP contribution is -2.31. The number of rotatable bonds is 7. The van der Waals surface area contributed by atoms with Crippen molar-refractivity contribution in [3.05, 3.63) is 70.6 Å². The molecule has 3 aromatic rings. The predicted molar refractivity (Wildman–Crippen MR) is 112 cm³/mol. The van der Waals surface area contributed by atoms with Gasteiger partial charge < -0.3 is 19.9 Å². The Morgan fingerprint density at radius 2 is 1.77 bits per heavy atom. The van der Waals surface area contributed by atoms with Gasteiger partial charge in [-0.1, -0.05) is 48.5 Å². The average Bonchev–Trinajstić information content (AvgIpc) is 3.34. The zero-order valence-corrected chi connectivity index (χ0v) is 17.0. The van der Waals surface area contributed by atoms with Crippen LogP contribution < -0.4 is 10.1 Å². The van der Waals surface area contributed by atoms with Gasteiger partial charge in [-0.25, -0.2) is 4.79 Å². The summed E-state index contributed by atoms with van der Waals surface area (Å²) in [7, 11) is 1.45.